The first-order chi connectivity index (χ1) is 24.2. The van der Waals surface area contributed by atoms with Gasteiger partial charge < -0.3 is 4.74 Å². The van der Waals surface area contributed by atoms with E-state index in [0.717, 1.165) is 44.8 Å². The van der Waals surface area contributed by atoms with Gasteiger partial charge in [-0.05, 0) is 63.9 Å². The first kappa shape index (κ1) is 27.8. The van der Waals surface area contributed by atoms with Gasteiger partial charge in [0.25, 0.3) is 0 Å². The van der Waals surface area contributed by atoms with Crippen LogP contribution in [0.4, 0.5) is 0 Å². The molecule has 2 aromatic heterocycles. The fraction of sp³-hybridized carbons (Fsp3) is 0.0233. The van der Waals surface area contributed by atoms with Crippen LogP contribution in [0.15, 0.2) is 156 Å². The van der Waals surface area contributed by atoms with E-state index >= 15 is 0 Å². The van der Waals surface area contributed by atoms with E-state index in [-0.39, 0.29) is 0 Å². The maximum absolute atomic E-state index is 9.70. The van der Waals surface area contributed by atoms with E-state index in [1.807, 2.05) is 42.1 Å². The molecule has 0 saturated carbocycles. The number of ether oxygens (including phenoxy) is 1. The predicted octanol–water partition coefficient (Wildman–Crippen LogP) is 10.3. The van der Waals surface area contributed by atoms with E-state index in [2.05, 4.69) is 119 Å². The lowest BCUT2D eigenvalue weighted by molar-refractivity contribution is 0.429. The minimum atomic E-state index is -0.615. The molecule has 6 heteroatoms. The molecular weight excluding hydrogens is 621 g/mol. The van der Waals surface area contributed by atoms with E-state index in [1.165, 1.54) is 31.9 Å². The monoisotopic (exact) mass is 644 g/mol. The molecule has 10 rings (SSSR count). The fourth-order valence-corrected chi connectivity index (χ4v) is 8.99. The Balaban J connectivity index is 1.29. The number of aromatic nitrogens is 3. The lowest BCUT2D eigenvalue weighted by Crippen LogP contribution is -2.37. The summed E-state index contributed by atoms with van der Waals surface area (Å²) in [5, 5.41) is 12.1. The van der Waals surface area contributed by atoms with Gasteiger partial charge in [-0.1, -0.05) is 109 Å². The summed E-state index contributed by atoms with van der Waals surface area (Å²) >= 11 is 1.82. The van der Waals surface area contributed by atoms with E-state index < -0.39 is 5.41 Å². The number of hydrogen-bond donors (Lipinski definition) is 0. The van der Waals surface area contributed by atoms with Crippen LogP contribution in [0.1, 0.15) is 27.8 Å². The van der Waals surface area contributed by atoms with Crippen molar-refractivity contribution in [3.8, 4) is 40.0 Å². The van der Waals surface area contributed by atoms with Gasteiger partial charge in [0.05, 0.1) is 22.7 Å². The molecule has 1 unspecified atom stereocenters. The molecule has 0 N–H and O–H groups in total. The first-order valence-electron chi connectivity index (χ1n) is 16.1. The lowest BCUT2D eigenvalue weighted by Gasteiger charge is -2.46. The zero-order chi connectivity index (χ0) is 32.5. The summed E-state index contributed by atoms with van der Waals surface area (Å²) in [4.78, 5) is 16.6. The highest BCUT2D eigenvalue weighted by atomic mass is 32.2. The molecule has 2 aliphatic rings. The van der Waals surface area contributed by atoms with Gasteiger partial charge in [-0.15, -0.1) is 0 Å². The first-order valence-corrected chi connectivity index (χ1v) is 16.9. The molecule has 5 nitrogen and oxygen atoms in total. The second-order valence-electron chi connectivity index (χ2n) is 12.3. The van der Waals surface area contributed by atoms with Gasteiger partial charge in [-0.2, -0.15) is 5.26 Å². The van der Waals surface area contributed by atoms with Gasteiger partial charge in [-0.3, -0.25) is 4.98 Å². The molecule has 2 aliphatic heterocycles. The number of pyridine rings is 1. The van der Waals surface area contributed by atoms with Crippen LogP contribution in [0.5, 0.6) is 11.5 Å². The highest BCUT2D eigenvalue weighted by molar-refractivity contribution is 7.99. The SMILES string of the molecule is N#Cc1cccc(-c2cc3nccnc3nc2-c2ccc3c(c2)Oc2cc4ccccc4c4c2C3(c2ccccc2)c2ccccc2S4)c1. The fourth-order valence-electron chi connectivity index (χ4n) is 7.64. The summed E-state index contributed by atoms with van der Waals surface area (Å²) < 4.78 is 7.01. The van der Waals surface area contributed by atoms with Crippen molar-refractivity contribution in [2.45, 2.75) is 15.2 Å². The number of nitriles is 1. The zero-order valence-corrected chi connectivity index (χ0v) is 26.8. The van der Waals surface area contributed by atoms with Crippen molar-refractivity contribution in [2.75, 3.05) is 0 Å². The topological polar surface area (TPSA) is 71.7 Å². The van der Waals surface area contributed by atoms with Crippen molar-refractivity contribution in [2.24, 2.45) is 0 Å². The molecule has 4 heterocycles. The van der Waals surface area contributed by atoms with E-state index in [0.29, 0.717) is 16.7 Å². The van der Waals surface area contributed by atoms with Crippen LogP contribution < -0.4 is 4.74 Å². The zero-order valence-electron chi connectivity index (χ0n) is 26.0. The highest BCUT2D eigenvalue weighted by Gasteiger charge is 2.50. The maximum atomic E-state index is 9.70. The molecule has 0 aliphatic carbocycles. The Hall–Kier alpha value is -6.29. The van der Waals surface area contributed by atoms with Crippen molar-refractivity contribution >= 4 is 33.7 Å². The van der Waals surface area contributed by atoms with Crippen molar-refractivity contribution in [3.05, 3.63) is 174 Å². The summed E-state index contributed by atoms with van der Waals surface area (Å²) in [5.74, 6) is 1.62. The van der Waals surface area contributed by atoms with Crippen LogP contribution in [-0.2, 0) is 5.41 Å². The molecule has 0 fully saturated rings. The Labute approximate surface area is 286 Å². The van der Waals surface area contributed by atoms with Crippen LogP contribution in [-0.4, -0.2) is 15.0 Å². The van der Waals surface area contributed by atoms with Crippen LogP contribution in [0, 0.1) is 11.3 Å². The Morgan fingerprint density at radius 2 is 1.51 bits per heavy atom. The second-order valence-corrected chi connectivity index (χ2v) is 13.4. The van der Waals surface area contributed by atoms with Crippen molar-refractivity contribution in [1.82, 2.24) is 15.0 Å². The van der Waals surface area contributed by atoms with E-state index in [9.17, 15) is 5.26 Å². The van der Waals surface area contributed by atoms with Gasteiger partial charge in [-0.25, -0.2) is 9.97 Å². The van der Waals surface area contributed by atoms with Gasteiger partial charge >= 0.3 is 0 Å². The summed E-state index contributed by atoms with van der Waals surface area (Å²) in [6, 6.07) is 48.7. The number of benzene rings is 6. The minimum Gasteiger partial charge on any atom is -0.457 e. The third-order valence-corrected chi connectivity index (χ3v) is 10.9. The smallest absolute Gasteiger partial charge is 0.178 e. The summed E-state index contributed by atoms with van der Waals surface area (Å²) in [6.45, 7) is 0. The Kier molecular flexibility index (Phi) is 6.02. The van der Waals surface area contributed by atoms with Crippen LogP contribution in [0.25, 0.3) is 44.3 Å². The summed E-state index contributed by atoms with van der Waals surface area (Å²) in [7, 11) is 0. The van der Waals surface area contributed by atoms with Crippen LogP contribution >= 0.6 is 11.8 Å². The molecular formula is C43H24N4OS. The Morgan fingerprint density at radius 1 is 0.673 bits per heavy atom. The molecule has 0 saturated heterocycles. The highest BCUT2D eigenvalue weighted by Crippen LogP contribution is 2.64. The van der Waals surface area contributed by atoms with Gasteiger partial charge in [0, 0.05) is 44.4 Å². The molecule has 228 valence electrons. The number of hydrogen-bond acceptors (Lipinski definition) is 6. The molecule has 6 aromatic carbocycles. The van der Waals surface area contributed by atoms with Crippen LogP contribution in [0.2, 0.25) is 0 Å². The van der Waals surface area contributed by atoms with E-state index in [1.54, 1.807) is 12.4 Å². The second kappa shape index (κ2) is 10.6. The predicted molar refractivity (Wildman–Crippen MR) is 193 cm³/mol. The third kappa shape index (κ3) is 4.03. The Bertz CT molecular complexity index is 2700. The molecule has 49 heavy (non-hydrogen) atoms. The molecule has 1 atom stereocenters. The molecule has 0 spiro atoms. The summed E-state index contributed by atoms with van der Waals surface area (Å²) in [6.07, 6.45) is 3.33. The maximum Gasteiger partial charge on any atom is 0.178 e. The standard InChI is InChI=1S/C43H24N4OS/c44-25-26-9-8-11-27(21-26)32-24-35-42(46-20-19-45-35)47-40(32)29-17-18-33-36(23-29)48-37-22-28-10-4-5-14-31(28)41-39(37)43(33,30-12-2-1-3-13-30)34-15-6-7-16-38(34)49-41/h1-24H. The third-order valence-electron chi connectivity index (χ3n) is 9.69. The van der Waals surface area contributed by atoms with Crippen molar-refractivity contribution < 1.29 is 4.74 Å². The molecule has 8 aromatic rings. The number of nitrogens with zero attached hydrogens (tertiary/aromatic N) is 4. The largest absolute Gasteiger partial charge is 0.457 e. The quantitative estimate of drug-likeness (QED) is 0.191. The molecule has 0 bridgehead atoms. The number of fused-ring (bicyclic) bond motifs is 7. The van der Waals surface area contributed by atoms with Crippen molar-refractivity contribution in [1.29, 1.82) is 5.26 Å². The minimum absolute atomic E-state index is 0.553. The van der Waals surface area contributed by atoms with E-state index in [4.69, 9.17) is 9.72 Å². The molecule has 0 radical (unpaired) electrons. The average Bonchev–Trinajstić information content (AvgIpc) is 3.17. The Morgan fingerprint density at radius 3 is 2.43 bits per heavy atom. The average molecular weight is 645 g/mol. The normalized spacial score (nSPS) is 15.5. The van der Waals surface area contributed by atoms with Gasteiger partial charge in [0.1, 0.15) is 17.0 Å². The van der Waals surface area contributed by atoms with Gasteiger partial charge in [0.2, 0.25) is 0 Å². The lowest BCUT2D eigenvalue weighted by atomic mass is 9.63. The van der Waals surface area contributed by atoms with Crippen LogP contribution in [0.3, 0.4) is 0 Å². The summed E-state index contributed by atoms with van der Waals surface area (Å²) in [5.41, 5.74) is 9.25. The number of rotatable bonds is 3. The van der Waals surface area contributed by atoms with Crippen molar-refractivity contribution in [3.63, 3.8) is 0 Å². The van der Waals surface area contributed by atoms with Gasteiger partial charge in [0.15, 0.2) is 5.65 Å². The molecule has 0 amide bonds.